The molecule has 0 heterocycles. The van der Waals surface area contributed by atoms with Gasteiger partial charge >= 0.3 is 5.97 Å². The summed E-state index contributed by atoms with van der Waals surface area (Å²) in [5.74, 6) is -2.93. The summed E-state index contributed by atoms with van der Waals surface area (Å²) in [7, 11) is 0. The van der Waals surface area contributed by atoms with Crippen LogP contribution in [0.1, 0.15) is 63.4 Å². The summed E-state index contributed by atoms with van der Waals surface area (Å²) in [5.41, 5.74) is 23.3. The first kappa shape index (κ1) is 34.8. The number of benzene rings is 1. The summed E-state index contributed by atoms with van der Waals surface area (Å²) >= 11 is 0. The molecule has 13 N–H and O–H groups in total. The Kier molecular flexibility index (Phi) is 17.2. The molecule has 0 spiro atoms. The van der Waals surface area contributed by atoms with Crippen molar-refractivity contribution in [2.45, 2.75) is 88.4 Å². The maximum Gasteiger partial charge on any atom is 0.326 e. The lowest BCUT2D eigenvalue weighted by molar-refractivity contribution is -0.142. The molecule has 40 heavy (non-hydrogen) atoms. The topological polar surface area (TPSA) is 249 Å². The molecule has 226 valence electrons. The van der Waals surface area contributed by atoms with E-state index in [0.717, 1.165) is 6.42 Å². The summed E-state index contributed by atoms with van der Waals surface area (Å²) in [6.07, 6.45) is 4.63. The van der Waals surface area contributed by atoms with E-state index >= 15 is 0 Å². The summed E-state index contributed by atoms with van der Waals surface area (Å²) in [4.78, 5) is 51.1. The van der Waals surface area contributed by atoms with E-state index in [0.29, 0.717) is 70.1 Å². The number of nitrogens with two attached hydrogens (primary N) is 4. The minimum atomic E-state index is -1.27. The largest absolute Gasteiger partial charge is 0.508 e. The van der Waals surface area contributed by atoms with Gasteiger partial charge in [0.15, 0.2) is 0 Å². The lowest BCUT2D eigenvalue weighted by atomic mass is 10.0. The Labute approximate surface area is 235 Å². The molecule has 0 aliphatic carbocycles. The molecule has 0 saturated carbocycles. The van der Waals surface area contributed by atoms with Gasteiger partial charge in [-0.2, -0.15) is 0 Å². The van der Waals surface area contributed by atoms with Crippen LogP contribution in [0.2, 0.25) is 0 Å². The van der Waals surface area contributed by atoms with Crippen LogP contribution in [-0.2, 0) is 25.6 Å². The number of aliphatic carboxylic acids is 1. The number of rotatable bonds is 21. The number of unbranched alkanes of at least 4 members (excludes halogenated alkanes) is 3. The lowest BCUT2D eigenvalue weighted by Gasteiger charge is -2.25. The van der Waals surface area contributed by atoms with Gasteiger partial charge < -0.3 is 49.1 Å². The van der Waals surface area contributed by atoms with Crippen molar-refractivity contribution in [1.82, 2.24) is 16.0 Å². The van der Waals surface area contributed by atoms with Crippen molar-refractivity contribution in [2.24, 2.45) is 22.9 Å². The number of carboxylic acid groups (broad SMARTS) is 1. The van der Waals surface area contributed by atoms with Crippen LogP contribution < -0.4 is 38.9 Å². The van der Waals surface area contributed by atoms with Gasteiger partial charge in [-0.3, -0.25) is 14.4 Å². The second-order valence-corrected chi connectivity index (χ2v) is 9.85. The first-order chi connectivity index (χ1) is 19.1. The molecule has 0 aliphatic heterocycles. The van der Waals surface area contributed by atoms with Crippen molar-refractivity contribution in [1.29, 1.82) is 0 Å². The molecule has 1 aromatic rings. The molecule has 0 fully saturated rings. The van der Waals surface area contributed by atoms with Crippen LogP contribution in [0.4, 0.5) is 0 Å². The normalized spacial score (nSPS) is 14.0. The zero-order chi connectivity index (χ0) is 29.9. The smallest absolute Gasteiger partial charge is 0.326 e. The van der Waals surface area contributed by atoms with E-state index in [1.54, 1.807) is 12.1 Å². The van der Waals surface area contributed by atoms with E-state index in [9.17, 15) is 29.4 Å². The van der Waals surface area contributed by atoms with Gasteiger partial charge in [0.25, 0.3) is 0 Å². The predicted molar refractivity (Wildman–Crippen MR) is 152 cm³/mol. The fourth-order valence-electron chi connectivity index (χ4n) is 4.05. The van der Waals surface area contributed by atoms with E-state index in [1.165, 1.54) is 12.1 Å². The Balaban J connectivity index is 2.99. The van der Waals surface area contributed by atoms with Gasteiger partial charge in [0.05, 0.1) is 6.04 Å². The second-order valence-electron chi connectivity index (χ2n) is 9.85. The highest BCUT2D eigenvalue weighted by Crippen LogP contribution is 2.12. The van der Waals surface area contributed by atoms with Gasteiger partial charge in [-0.1, -0.05) is 18.6 Å². The molecule has 0 aromatic heterocycles. The number of phenols is 1. The van der Waals surface area contributed by atoms with Crippen molar-refractivity contribution in [3.8, 4) is 5.75 Å². The average Bonchev–Trinajstić information content (AvgIpc) is 2.92. The molecule has 1 aromatic carbocycles. The van der Waals surface area contributed by atoms with Gasteiger partial charge in [0.2, 0.25) is 17.7 Å². The van der Waals surface area contributed by atoms with Gasteiger partial charge in [0.1, 0.15) is 23.9 Å². The van der Waals surface area contributed by atoms with Gasteiger partial charge in [0, 0.05) is 6.42 Å². The molecule has 0 aliphatic rings. The third-order valence-electron chi connectivity index (χ3n) is 6.46. The molecule has 3 amide bonds. The maximum absolute atomic E-state index is 13.3. The summed E-state index contributed by atoms with van der Waals surface area (Å²) in [5, 5.41) is 27.1. The molecule has 0 bridgehead atoms. The number of hydrogen-bond acceptors (Lipinski definition) is 9. The molecule has 0 radical (unpaired) electrons. The van der Waals surface area contributed by atoms with Gasteiger partial charge in [-0.25, -0.2) is 4.79 Å². The van der Waals surface area contributed by atoms with Crippen LogP contribution >= 0.6 is 0 Å². The number of phenolic OH excluding ortho intramolecular Hbond substituents is 1. The number of carbonyl (C=O) groups is 4. The fourth-order valence-corrected chi connectivity index (χ4v) is 4.05. The first-order valence-electron chi connectivity index (χ1n) is 13.9. The lowest BCUT2D eigenvalue weighted by Crippen LogP contribution is -2.57. The monoisotopic (exact) mass is 565 g/mol. The minimum absolute atomic E-state index is 0.0232. The Hall–Kier alpha value is -3.26. The van der Waals surface area contributed by atoms with Crippen LogP contribution in [0.5, 0.6) is 5.75 Å². The standard InChI is InChI=1S/C27H47N7O6/c28-14-4-1-7-20(31)24(36)32-21(8-2-5-15-29)25(37)33-22(9-3-6-16-30)26(38)34-23(27(39)40)17-18-10-12-19(35)13-11-18/h10-13,20-23,35H,1-9,14-17,28-31H2,(H,32,36)(H,33,37)(H,34,38)(H,39,40)/t20-,21-,22-,23-/m0/s1. The molecule has 13 nitrogen and oxygen atoms in total. The molecule has 4 atom stereocenters. The SMILES string of the molecule is NCCCC[C@H](NC(=O)[C@H](CCCCN)NC(=O)[C@@H](N)CCCCN)C(=O)N[C@@H](Cc1ccc(O)cc1)C(=O)O. The van der Waals surface area contributed by atoms with Gasteiger partial charge in [-0.15, -0.1) is 0 Å². The highest BCUT2D eigenvalue weighted by Gasteiger charge is 2.30. The van der Waals surface area contributed by atoms with Crippen LogP contribution in [0.25, 0.3) is 0 Å². The van der Waals surface area contributed by atoms with E-state index in [-0.39, 0.29) is 18.6 Å². The molecule has 13 heteroatoms. The maximum atomic E-state index is 13.3. The molecular formula is C27H47N7O6. The number of carboxylic acids is 1. The highest BCUT2D eigenvalue weighted by molar-refractivity contribution is 5.94. The number of nitrogens with one attached hydrogen (secondary N) is 3. The van der Waals surface area contributed by atoms with E-state index < -0.39 is 47.9 Å². The first-order valence-corrected chi connectivity index (χ1v) is 13.9. The Morgan fingerprint density at radius 2 is 1.07 bits per heavy atom. The fraction of sp³-hybridized carbons (Fsp3) is 0.630. The third kappa shape index (κ3) is 13.7. The molecule has 1 rings (SSSR count). The Morgan fingerprint density at radius 3 is 1.52 bits per heavy atom. The van der Waals surface area contributed by atoms with Crippen molar-refractivity contribution >= 4 is 23.7 Å². The van der Waals surface area contributed by atoms with Crippen molar-refractivity contribution in [3.63, 3.8) is 0 Å². The minimum Gasteiger partial charge on any atom is -0.508 e. The number of carbonyl (C=O) groups excluding carboxylic acids is 3. The van der Waals surface area contributed by atoms with E-state index in [1.807, 2.05) is 0 Å². The molecule has 0 unspecified atom stereocenters. The van der Waals surface area contributed by atoms with Crippen molar-refractivity contribution < 1.29 is 29.4 Å². The Morgan fingerprint density at radius 1 is 0.650 bits per heavy atom. The van der Waals surface area contributed by atoms with Crippen LogP contribution in [0.15, 0.2) is 24.3 Å². The average molecular weight is 566 g/mol. The van der Waals surface area contributed by atoms with Crippen LogP contribution in [-0.4, -0.2) is 77.7 Å². The Bertz CT molecular complexity index is 915. The zero-order valence-electron chi connectivity index (χ0n) is 23.1. The van der Waals surface area contributed by atoms with Gasteiger partial charge in [-0.05, 0) is 88.7 Å². The molecular weight excluding hydrogens is 518 g/mol. The van der Waals surface area contributed by atoms with Crippen LogP contribution in [0, 0.1) is 0 Å². The summed E-state index contributed by atoms with van der Waals surface area (Å²) in [6, 6.07) is 1.91. The zero-order valence-corrected chi connectivity index (χ0v) is 23.1. The summed E-state index contributed by atoms with van der Waals surface area (Å²) < 4.78 is 0. The van der Waals surface area contributed by atoms with Crippen LogP contribution in [0.3, 0.4) is 0 Å². The van der Waals surface area contributed by atoms with Crippen molar-refractivity contribution in [3.05, 3.63) is 29.8 Å². The molecule has 0 saturated heterocycles. The quantitative estimate of drug-likeness (QED) is 0.0838. The number of hydrogen-bond donors (Lipinski definition) is 9. The summed E-state index contributed by atoms with van der Waals surface area (Å²) in [6.45, 7) is 1.30. The number of aromatic hydroxyl groups is 1. The third-order valence-corrected chi connectivity index (χ3v) is 6.46. The van der Waals surface area contributed by atoms with E-state index in [2.05, 4.69) is 16.0 Å². The number of amides is 3. The highest BCUT2D eigenvalue weighted by atomic mass is 16.4. The van der Waals surface area contributed by atoms with Crippen molar-refractivity contribution in [2.75, 3.05) is 19.6 Å². The second kappa shape index (κ2) is 19.7. The predicted octanol–water partition coefficient (Wildman–Crippen LogP) is -0.812. The van der Waals surface area contributed by atoms with E-state index in [4.69, 9.17) is 22.9 Å².